The monoisotopic (exact) mass is 437 g/mol. The SMILES string of the molecule is CCCCOCCCNC(=O)c1cc(=O)[nH]c2ccc(S(=O)(=O)N(CC)CC)cc12. The molecular weight excluding hydrogens is 406 g/mol. The first-order chi connectivity index (χ1) is 14.3. The Bertz CT molecular complexity index is 1010. The predicted molar refractivity (Wildman–Crippen MR) is 117 cm³/mol. The number of sulfonamides is 1. The van der Waals surface area contributed by atoms with E-state index in [1.54, 1.807) is 13.8 Å². The average Bonchev–Trinajstić information content (AvgIpc) is 2.72. The van der Waals surface area contributed by atoms with E-state index >= 15 is 0 Å². The summed E-state index contributed by atoms with van der Waals surface area (Å²) in [6.07, 6.45) is 2.72. The molecule has 1 aromatic carbocycles. The lowest BCUT2D eigenvalue weighted by Gasteiger charge is -2.19. The molecule has 1 aromatic heterocycles. The molecule has 0 aliphatic rings. The smallest absolute Gasteiger partial charge is 0.252 e. The molecule has 0 fully saturated rings. The topological polar surface area (TPSA) is 109 Å². The Morgan fingerprint density at radius 3 is 2.47 bits per heavy atom. The summed E-state index contributed by atoms with van der Waals surface area (Å²) in [4.78, 5) is 27.4. The molecule has 166 valence electrons. The molecule has 0 radical (unpaired) electrons. The van der Waals surface area contributed by atoms with Crippen LogP contribution in [0.3, 0.4) is 0 Å². The minimum absolute atomic E-state index is 0.0872. The highest BCUT2D eigenvalue weighted by atomic mass is 32.2. The van der Waals surface area contributed by atoms with Gasteiger partial charge in [-0.3, -0.25) is 9.59 Å². The largest absolute Gasteiger partial charge is 0.381 e. The zero-order valence-electron chi connectivity index (χ0n) is 17.9. The van der Waals surface area contributed by atoms with Crippen LogP contribution in [0, 0.1) is 0 Å². The molecule has 0 saturated carbocycles. The maximum absolute atomic E-state index is 12.8. The number of fused-ring (bicyclic) bond motifs is 1. The van der Waals surface area contributed by atoms with Gasteiger partial charge in [-0.25, -0.2) is 8.42 Å². The Balaban J connectivity index is 2.25. The maximum Gasteiger partial charge on any atom is 0.252 e. The van der Waals surface area contributed by atoms with Crippen molar-refractivity contribution in [2.45, 2.75) is 44.9 Å². The number of carbonyl (C=O) groups is 1. The lowest BCUT2D eigenvalue weighted by Crippen LogP contribution is -2.30. The lowest BCUT2D eigenvalue weighted by atomic mass is 10.1. The van der Waals surface area contributed by atoms with Crippen LogP contribution < -0.4 is 10.9 Å². The second-order valence-corrected chi connectivity index (χ2v) is 8.86. The molecule has 8 nitrogen and oxygen atoms in total. The number of rotatable bonds is 12. The lowest BCUT2D eigenvalue weighted by molar-refractivity contribution is 0.0942. The average molecular weight is 438 g/mol. The molecule has 0 saturated heterocycles. The Morgan fingerprint density at radius 1 is 1.10 bits per heavy atom. The number of benzene rings is 1. The van der Waals surface area contributed by atoms with Crippen LogP contribution in [0.15, 0.2) is 34.0 Å². The number of amides is 1. The van der Waals surface area contributed by atoms with Gasteiger partial charge in [-0.2, -0.15) is 4.31 Å². The summed E-state index contributed by atoms with van der Waals surface area (Å²) in [7, 11) is -3.68. The Labute approximate surface area is 177 Å². The summed E-state index contributed by atoms with van der Waals surface area (Å²) in [6.45, 7) is 7.96. The highest BCUT2D eigenvalue weighted by Gasteiger charge is 2.23. The minimum atomic E-state index is -3.68. The number of hydrogen-bond donors (Lipinski definition) is 2. The maximum atomic E-state index is 12.8. The van der Waals surface area contributed by atoms with Crippen molar-refractivity contribution in [2.24, 2.45) is 0 Å². The van der Waals surface area contributed by atoms with Gasteiger partial charge in [-0.1, -0.05) is 27.2 Å². The number of pyridine rings is 1. The molecule has 0 aliphatic carbocycles. The van der Waals surface area contributed by atoms with Crippen molar-refractivity contribution in [1.29, 1.82) is 0 Å². The molecule has 2 N–H and O–H groups in total. The van der Waals surface area contributed by atoms with Gasteiger partial charge in [0.2, 0.25) is 15.6 Å². The van der Waals surface area contributed by atoms with E-state index in [1.165, 1.54) is 28.6 Å². The van der Waals surface area contributed by atoms with Gasteiger partial charge in [0.25, 0.3) is 5.91 Å². The van der Waals surface area contributed by atoms with Gasteiger partial charge in [0, 0.05) is 49.8 Å². The Hall–Kier alpha value is -2.23. The van der Waals surface area contributed by atoms with E-state index in [2.05, 4.69) is 17.2 Å². The van der Waals surface area contributed by atoms with E-state index in [9.17, 15) is 18.0 Å². The second-order valence-electron chi connectivity index (χ2n) is 6.92. The van der Waals surface area contributed by atoms with Crippen molar-refractivity contribution in [3.63, 3.8) is 0 Å². The zero-order chi connectivity index (χ0) is 22.1. The fraction of sp³-hybridized carbons (Fsp3) is 0.524. The number of H-pyrrole nitrogens is 1. The fourth-order valence-electron chi connectivity index (χ4n) is 3.11. The van der Waals surface area contributed by atoms with Crippen molar-refractivity contribution in [3.05, 3.63) is 40.2 Å². The van der Waals surface area contributed by atoms with E-state index in [4.69, 9.17) is 4.74 Å². The first-order valence-corrected chi connectivity index (χ1v) is 11.8. The second kappa shape index (κ2) is 11.2. The predicted octanol–water partition coefficient (Wildman–Crippen LogP) is 2.50. The van der Waals surface area contributed by atoms with Gasteiger partial charge in [0.15, 0.2) is 0 Å². The van der Waals surface area contributed by atoms with E-state index in [0.717, 1.165) is 12.8 Å². The van der Waals surface area contributed by atoms with Gasteiger partial charge >= 0.3 is 0 Å². The molecule has 2 rings (SSSR count). The minimum Gasteiger partial charge on any atom is -0.381 e. The number of hydrogen-bond acceptors (Lipinski definition) is 5. The first kappa shape index (κ1) is 24.0. The molecule has 2 aromatic rings. The van der Waals surface area contributed by atoms with Crippen LogP contribution in [0.4, 0.5) is 0 Å². The van der Waals surface area contributed by atoms with Crippen LogP contribution in [0.1, 0.15) is 50.4 Å². The number of aromatic nitrogens is 1. The molecule has 30 heavy (non-hydrogen) atoms. The summed E-state index contributed by atoms with van der Waals surface area (Å²) in [5.41, 5.74) is 0.140. The van der Waals surface area contributed by atoms with Crippen LogP contribution >= 0.6 is 0 Å². The summed E-state index contributed by atoms with van der Waals surface area (Å²) < 4.78 is 32.5. The van der Waals surface area contributed by atoms with Crippen molar-refractivity contribution >= 4 is 26.8 Å². The summed E-state index contributed by atoms with van der Waals surface area (Å²) in [5.74, 6) is -0.419. The molecule has 0 atom stereocenters. The van der Waals surface area contributed by atoms with Crippen LogP contribution in [-0.4, -0.2) is 56.5 Å². The zero-order valence-corrected chi connectivity index (χ0v) is 18.7. The summed E-state index contributed by atoms with van der Waals surface area (Å²) in [5, 5.41) is 3.17. The number of unbranched alkanes of at least 4 members (excludes halogenated alkanes) is 1. The van der Waals surface area contributed by atoms with Gasteiger partial charge in [0.1, 0.15) is 0 Å². The van der Waals surface area contributed by atoms with E-state index < -0.39 is 21.5 Å². The van der Waals surface area contributed by atoms with Crippen LogP contribution in [-0.2, 0) is 14.8 Å². The molecule has 0 unspecified atom stereocenters. The normalized spacial score (nSPS) is 11.9. The third kappa shape index (κ3) is 5.90. The van der Waals surface area contributed by atoms with E-state index in [1.807, 2.05) is 0 Å². The van der Waals surface area contributed by atoms with Crippen molar-refractivity contribution in [1.82, 2.24) is 14.6 Å². The van der Waals surface area contributed by atoms with Crippen LogP contribution in [0.25, 0.3) is 10.9 Å². The fourth-order valence-corrected chi connectivity index (χ4v) is 4.60. The third-order valence-electron chi connectivity index (χ3n) is 4.80. The van der Waals surface area contributed by atoms with Crippen LogP contribution in [0.2, 0.25) is 0 Å². The molecular formula is C21H31N3O5S. The number of nitrogens with one attached hydrogen (secondary N) is 2. The standard InChI is InChI=1S/C21H31N3O5S/c1-4-7-12-29-13-8-11-22-21(26)18-15-20(25)23-19-10-9-16(14-17(18)19)30(27,28)24(5-2)6-3/h9-10,14-15H,4-8,11-13H2,1-3H3,(H,22,26)(H,23,25). The number of carbonyl (C=O) groups excluding carboxylic acids is 1. The molecule has 0 aliphatic heterocycles. The van der Waals surface area contributed by atoms with E-state index in [0.29, 0.717) is 50.2 Å². The number of ether oxygens (including phenoxy) is 1. The van der Waals surface area contributed by atoms with Crippen molar-refractivity contribution in [2.75, 3.05) is 32.8 Å². The number of nitrogens with zero attached hydrogens (tertiary/aromatic N) is 1. The van der Waals surface area contributed by atoms with Gasteiger partial charge < -0.3 is 15.0 Å². The highest BCUT2D eigenvalue weighted by molar-refractivity contribution is 7.89. The van der Waals surface area contributed by atoms with Crippen LogP contribution in [0.5, 0.6) is 0 Å². The van der Waals surface area contributed by atoms with Gasteiger partial charge in [-0.05, 0) is 31.0 Å². The molecule has 0 spiro atoms. The highest BCUT2D eigenvalue weighted by Crippen LogP contribution is 2.22. The molecule has 1 heterocycles. The molecule has 1 amide bonds. The third-order valence-corrected chi connectivity index (χ3v) is 6.84. The molecule has 9 heteroatoms. The van der Waals surface area contributed by atoms with Crippen molar-refractivity contribution in [3.8, 4) is 0 Å². The number of aromatic amines is 1. The van der Waals surface area contributed by atoms with E-state index in [-0.39, 0.29) is 10.5 Å². The van der Waals surface area contributed by atoms with Gasteiger partial charge in [0.05, 0.1) is 10.5 Å². The summed E-state index contributed by atoms with van der Waals surface area (Å²) in [6, 6.07) is 5.61. The van der Waals surface area contributed by atoms with Gasteiger partial charge in [-0.15, -0.1) is 0 Å². The summed E-state index contributed by atoms with van der Waals surface area (Å²) >= 11 is 0. The quantitative estimate of drug-likeness (QED) is 0.496. The molecule has 0 bridgehead atoms. The first-order valence-electron chi connectivity index (χ1n) is 10.4. The van der Waals surface area contributed by atoms with Crippen molar-refractivity contribution < 1.29 is 17.9 Å². The Morgan fingerprint density at radius 2 is 1.80 bits per heavy atom. The Kier molecular flexibility index (Phi) is 9.01.